The van der Waals surface area contributed by atoms with Crippen LogP contribution in [0.4, 0.5) is 5.82 Å². The molecule has 0 fully saturated rings. The van der Waals surface area contributed by atoms with Crippen LogP contribution >= 0.6 is 11.8 Å². The van der Waals surface area contributed by atoms with Crippen molar-refractivity contribution in [3.05, 3.63) is 12.4 Å². The highest BCUT2D eigenvalue weighted by Crippen LogP contribution is 2.12. The van der Waals surface area contributed by atoms with Crippen molar-refractivity contribution in [1.82, 2.24) is 9.97 Å². The fourth-order valence-electron chi connectivity index (χ4n) is 1.12. The van der Waals surface area contributed by atoms with Crippen molar-refractivity contribution in [2.24, 2.45) is 0 Å². The van der Waals surface area contributed by atoms with Crippen LogP contribution in [0.5, 0.6) is 5.88 Å². The van der Waals surface area contributed by atoms with Crippen molar-refractivity contribution in [3.63, 3.8) is 0 Å². The molecule has 1 N–H and O–H groups in total. The standard InChI is InChI=1S/C10H17N3OS/c1-4-15-6-8(2)13-9-5-10(14-3)12-7-11-9/h5,7-8H,4,6H2,1-3H3,(H,11,12,13). The zero-order valence-electron chi connectivity index (χ0n) is 9.36. The van der Waals surface area contributed by atoms with E-state index in [1.807, 2.05) is 11.8 Å². The number of hydrogen-bond acceptors (Lipinski definition) is 5. The number of thioether (sulfide) groups is 1. The fraction of sp³-hybridized carbons (Fsp3) is 0.600. The molecule has 1 aromatic rings. The second-order valence-electron chi connectivity index (χ2n) is 3.15. The Bertz CT molecular complexity index is 296. The van der Waals surface area contributed by atoms with E-state index in [0.29, 0.717) is 11.9 Å². The van der Waals surface area contributed by atoms with Crippen LogP contribution in [-0.2, 0) is 0 Å². The summed E-state index contributed by atoms with van der Waals surface area (Å²) in [6, 6.07) is 2.20. The van der Waals surface area contributed by atoms with E-state index < -0.39 is 0 Å². The molecule has 1 atom stereocenters. The molecular formula is C10H17N3OS. The van der Waals surface area contributed by atoms with Crippen molar-refractivity contribution < 1.29 is 4.74 Å². The van der Waals surface area contributed by atoms with Crippen LogP contribution in [0.3, 0.4) is 0 Å². The van der Waals surface area contributed by atoms with Gasteiger partial charge in [-0.2, -0.15) is 11.8 Å². The first-order valence-corrected chi connectivity index (χ1v) is 6.12. The molecule has 0 bridgehead atoms. The number of hydrogen-bond donors (Lipinski definition) is 1. The Hall–Kier alpha value is -0.970. The van der Waals surface area contributed by atoms with E-state index in [1.54, 1.807) is 13.2 Å². The summed E-state index contributed by atoms with van der Waals surface area (Å²) in [5, 5.41) is 3.30. The number of aromatic nitrogens is 2. The second kappa shape index (κ2) is 6.50. The van der Waals surface area contributed by atoms with E-state index in [1.165, 1.54) is 6.33 Å². The molecule has 0 radical (unpaired) electrons. The van der Waals surface area contributed by atoms with Gasteiger partial charge < -0.3 is 10.1 Å². The van der Waals surface area contributed by atoms with E-state index in [4.69, 9.17) is 4.74 Å². The summed E-state index contributed by atoms with van der Waals surface area (Å²) in [4.78, 5) is 8.07. The van der Waals surface area contributed by atoms with E-state index in [2.05, 4.69) is 29.1 Å². The van der Waals surface area contributed by atoms with E-state index in [9.17, 15) is 0 Å². The molecule has 1 rings (SSSR count). The third kappa shape index (κ3) is 4.38. The zero-order valence-corrected chi connectivity index (χ0v) is 10.2. The summed E-state index contributed by atoms with van der Waals surface area (Å²) in [6.07, 6.45) is 1.50. The lowest BCUT2D eigenvalue weighted by Crippen LogP contribution is -2.18. The van der Waals surface area contributed by atoms with Crippen LogP contribution in [0.15, 0.2) is 12.4 Å². The van der Waals surface area contributed by atoms with Crippen molar-refractivity contribution in [1.29, 1.82) is 0 Å². The molecule has 0 aromatic carbocycles. The molecule has 1 unspecified atom stereocenters. The van der Waals surface area contributed by atoms with Gasteiger partial charge >= 0.3 is 0 Å². The van der Waals surface area contributed by atoms with Crippen molar-refractivity contribution >= 4 is 17.6 Å². The van der Waals surface area contributed by atoms with Crippen molar-refractivity contribution in [2.75, 3.05) is 23.9 Å². The van der Waals surface area contributed by atoms with Gasteiger partial charge in [0.25, 0.3) is 0 Å². The van der Waals surface area contributed by atoms with Gasteiger partial charge in [-0.15, -0.1) is 0 Å². The van der Waals surface area contributed by atoms with Crippen molar-refractivity contribution in [3.8, 4) is 5.88 Å². The highest BCUT2D eigenvalue weighted by atomic mass is 32.2. The Morgan fingerprint density at radius 1 is 1.53 bits per heavy atom. The smallest absolute Gasteiger partial charge is 0.218 e. The molecule has 4 nitrogen and oxygen atoms in total. The van der Waals surface area contributed by atoms with E-state index in [0.717, 1.165) is 17.3 Å². The summed E-state index contributed by atoms with van der Waals surface area (Å²) in [5.41, 5.74) is 0. The minimum Gasteiger partial charge on any atom is -0.481 e. The molecular weight excluding hydrogens is 210 g/mol. The van der Waals surface area contributed by atoms with Crippen LogP contribution in [0.25, 0.3) is 0 Å². The number of nitrogens with one attached hydrogen (secondary N) is 1. The highest BCUT2D eigenvalue weighted by Gasteiger charge is 2.03. The number of nitrogens with zero attached hydrogens (tertiary/aromatic N) is 2. The van der Waals surface area contributed by atoms with Crippen LogP contribution in [0.2, 0.25) is 0 Å². The van der Waals surface area contributed by atoms with Crippen LogP contribution in [0, 0.1) is 0 Å². The Kier molecular flexibility index (Phi) is 5.25. The first-order chi connectivity index (χ1) is 7.26. The minimum atomic E-state index is 0.398. The van der Waals surface area contributed by atoms with Gasteiger partial charge in [0.1, 0.15) is 12.1 Å². The average Bonchev–Trinajstić information content (AvgIpc) is 2.26. The molecule has 5 heteroatoms. The Labute approximate surface area is 94.8 Å². The quantitative estimate of drug-likeness (QED) is 0.806. The second-order valence-corrected chi connectivity index (χ2v) is 4.47. The summed E-state index contributed by atoms with van der Waals surface area (Å²) < 4.78 is 5.02. The van der Waals surface area contributed by atoms with Gasteiger partial charge in [0, 0.05) is 17.9 Å². The fourth-order valence-corrected chi connectivity index (χ4v) is 1.79. The average molecular weight is 227 g/mol. The molecule has 0 amide bonds. The van der Waals surface area contributed by atoms with Crippen LogP contribution < -0.4 is 10.1 Å². The first kappa shape index (κ1) is 12.1. The van der Waals surface area contributed by atoms with Crippen LogP contribution in [0.1, 0.15) is 13.8 Å². The largest absolute Gasteiger partial charge is 0.481 e. The summed E-state index contributed by atoms with van der Waals surface area (Å²) in [5.74, 6) is 3.61. The normalized spacial score (nSPS) is 12.2. The monoisotopic (exact) mass is 227 g/mol. The third-order valence-electron chi connectivity index (χ3n) is 1.82. The van der Waals surface area contributed by atoms with E-state index >= 15 is 0 Å². The maximum absolute atomic E-state index is 5.02. The maximum atomic E-state index is 5.02. The van der Waals surface area contributed by atoms with Crippen LogP contribution in [-0.4, -0.2) is 34.6 Å². The van der Waals surface area contributed by atoms with Gasteiger partial charge in [0.15, 0.2) is 0 Å². The minimum absolute atomic E-state index is 0.398. The lowest BCUT2D eigenvalue weighted by atomic mass is 10.4. The lowest BCUT2D eigenvalue weighted by Gasteiger charge is -2.13. The van der Waals surface area contributed by atoms with E-state index in [-0.39, 0.29) is 0 Å². The van der Waals surface area contributed by atoms with Gasteiger partial charge in [-0.25, -0.2) is 9.97 Å². The summed E-state index contributed by atoms with van der Waals surface area (Å²) in [6.45, 7) is 4.29. The molecule has 15 heavy (non-hydrogen) atoms. The molecule has 0 aliphatic carbocycles. The Morgan fingerprint density at radius 2 is 2.33 bits per heavy atom. The Morgan fingerprint density at radius 3 is 3.00 bits per heavy atom. The first-order valence-electron chi connectivity index (χ1n) is 4.96. The third-order valence-corrected chi connectivity index (χ3v) is 2.96. The number of ether oxygens (including phenoxy) is 1. The summed E-state index contributed by atoms with van der Waals surface area (Å²) in [7, 11) is 1.60. The van der Waals surface area contributed by atoms with Crippen molar-refractivity contribution in [2.45, 2.75) is 19.9 Å². The zero-order chi connectivity index (χ0) is 11.1. The topological polar surface area (TPSA) is 47.0 Å². The highest BCUT2D eigenvalue weighted by molar-refractivity contribution is 7.99. The van der Waals surface area contributed by atoms with Gasteiger partial charge in [0.2, 0.25) is 5.88 Å². The number of rotatable bonds is 6. The maximum Gasteiger partial charge on any atom is 0.218 e. The molecule has 0 saturated heterocycles. The summed E-state index contributed by atoms with van der Waals surface area (Å²) >= 11 is 1.91. The molecule has 0 aliphatic rings. The Balaban J connectivity index is 2.48. The molecule has 84 valence electrons. The predicted molar refractivity (Wildman–Crippen MR) is 64.7 cm³/mol. The molecule has 0 aliphatic heterocycles. The molecule has 1 heterocycles. The van der Waals surface area contributed by atoms with Gasteiger partial charge in [0.05, 0.1) is 7.11 Å². The number of methoxy groups -OCH3 is 1. The van der Waals surface area contributed by atoms with Gasteiger partial charge in [-0.3, -0.25) is 0 Å². The predicted octanol–water partition coefficient (Wildman–Crippen LogP) is 2.04. The molecule has 1 aromatic heterocycles. The van der Waals surface area contributed by atoms with Gasteiger partial charge in [-0.05, 0) is 12.7 Å². The SMILES string of the molecule is CCSCC(C)Nc1cc(OC)ncn1. The van der Waals surface area contributed by atoms with Gasteiger partial charge in [-0.1, -0.05) is 6.92 Å². The number of anilines is 1. The lowest BCUT2D eigenvalue weighted by molar-refractivity contribution is 0.397. The molecule has 0 spiro atoms. The molecule has 0 saturated carbocycles.